The molecule has 0 radical (unpaired) electrons. The van der Waals surface area contributed by atoms with E-state index in [0.29, 0.717) is 12.2 Å². The van der Waals surface area contributed by atoms with Crippen molar-refractivity contribution < 1.29 is 14.3 Å². The van der Waals surface area contributed by atoms with Crippen molar-refractivity contribution in [1.29, 1.82) is 0 Å². The highest BCUT2D eigenvalue weighted by molar-refractivity contribution is 7.17. The number of nitrogens with zero attached hydrogens (tertiary/aromatic N) is 1. The van der Waals surface area contributed by atoms with E-state index in [0.717, 1.165) is 21.4 Å². The van der Waals surface area contributed by atoms with Gasteiger partial charge in [-0.1, -0.05) is 6.07 Å². The SMILES string of the molecule is COC(=O)c1ccc2c(COc3cccnc3)csc2c1. The molecule has 0 fully saturated rings. The van der Waals surface area contributed by atoms with E-state index in [1.807, 2.05) is 29.6 Å². The lowest BCUT2D eigenvalue weighted by atomic mass is 10.1. The minimum Gasteiger partial charge on any atom is -0.487 e. The third-order valence-corrected chi connectivity index (χ3v) is 4.10. The Bertz CT molecular complexity index is 768. The lowest BCUT2D eigenvalue weighted by Crippen LogP contribution is -2.00. The summed E-state index contributed by atoms with van der Waals surface area (Å²) in [6.45, 7) is 0.475. The Labute approximate surface area is 126 Å². The van der Waals surface area contributed by atoms with E-state index in [2.05, 4.69) is 4.98 Å². The van der Waals surface area contributed by atoms with Gasteiger partial charge in [0, 0.05) is 16.5 Å². The molecule has 0 amide bonds. The van der Waals surface area contributed by atoms with E-state index in [-0.39, 0.29) is 5.97 Å². The van der Waals surface area contributed by atoms with Crippen molar-refractivity contribution in [2.24, 2.45) is 0 Å². The largest absolute Gasteiger partial charge is 0.487 e. The molecule has 5 heteroatoms. The maximum absolute atomic E-state index is 11.5. The van der Waals surface area contributed by atoms with Gasteiger partial charge in [0.2, 0.25) is 0 Å². The number of thiophene rings is 1. The molecule has 0 unspecified atom stereocenters. The van der Waals surface area contributed by atoms with E-state index in [9.17, 15) is 4.79 Å². The first-order chi connectivity index (χ1) is 10.3. The predicted molar refractivity (Wildman–Crippen MR) is 81.7 cm³/mol. The molecule has 2 aromatic heterocycles. The van der Waals surface area contributed by atoms with E-state index >= 15 is 0 Å². The molecule has 0 aliphatic carbocycles. The number of aromatic nitrogens is 1. The fourth-order valence-electron chi connectivity index (χ4n) is 2.03. The quantitative estimate of drug-likeness (QED) is 0.690. The van der Waals surface area contributed by atoms with Crippen LogP contribution in [0.25, 0.3) is 10.1 Å². The molecule has 0 atom stereocenters. The molecule has 0 aliphatic rings. The smallest absolute Gasteiger partial charge is 0.337 e. The van der Waals surface area contributed by atoms with Crippen molar-refractivity contribution in [3.8, 4) is 5.75 Å². The number of fused-ring (bicyclic) bond motifs is 1. The summed E-state index contributed by atoms with van der Waals surface area (Å²) < 4.78 is 11.5. The second kappa shape index (κ2) is 5.93. The summed E-state index contributed by atoms with van der Waals surface area (Å²) in [4.78, 5) is 15.5. The Kier molecular flexibility index (Phi) is 3.83. The van der Waals surface area contributed by atoms with Crippen LogP contribution in [0.3, 0.4) is 0 Å². The Morgan fingerprint density at radius 1 is 1.33 bits per heavy atom. The normalized spacial score (nSPS) is 10.5. The zero-order chi connectivity index (χ0) is 14.7. The highest BCUT2D eigenvalue weighted by atomic mass is 32.1. The van der Waals surface area contributed by atoms with Gasteiger partial charge in [-0.05, 0) is 35.0 Å². The molecule has 0 saturated carbocycles. The zero-order valence-electron chi connectivity index (χ0n) is 11.4. The fourth-order valence-corrected chi connectivity index (χ4v) is 3.02. The van der Waals surface area contributed by atoms with Gasteiger partial charge in [0.05, 0.1) is 18.9 Å². The third-order valence-electron chi connectivity index (χ3n) is 3.11. The van der Waals surface area contributed by atoms with Crippen molar-refractivity contribution in [3.05, 3.63) is 59.2 Å². The lowest BCUT2D eigenvalue weighted by molar-refractivity contribution is 0.0601. The van der Waals surface area contributed by atoms with Crippen LogP contribution in [0.5, 0.6) is 5.75 Å². The number of rotatable bonds is 4. The van der Waals surface area contributed by atoms with Crippen LogP contribution in [0.4, 0.5) is 0 Å². The number of benzene rings is 1. The summed E-state index contributed by atoms with van der Waals surface area (Å²) in [5, 5.41) is 3.14. The molecular formula is C16H13NO3S. The van der Waals surface area contributed by atoms with Crippen LogP contribution in [0.1, 0.15) is 15.9 Å². The first kappa shape index (κ1) is 13.6. The molecular weight excluding hydrogens is 286 g/mol. The van der Waals surface area contributed by atoms with Gasteiger partial charge in [0.25, 0.3) is 0 Å². The van der Waals surface area contributed by atoms with Crippen molar-refractivity contribution in [3.63, 3.8) is 0 Å². The highest BCUT2D eigenvalue weighted by Crippen LogP contribution is 2.28. The molecule has 1 aromatic carbocycles. The third kappa shape index (κ3) is 2.87. The first-order valence-corrected chi connectivity index (χ1v) is 7.27. The van der Waals surface area contributed by atoms with Gasteiger partial charge in [-0.25, -0.2) is 4.79 Å². The molecule has 4 nitrogen and oxygen atoms in total. The van der Waals surface area contributed by atoms with Crippen LogP contribution in [0.15, 0.2) is 48.1 Å². The molecule has 0 saturated heterocycles. The van der Waals surface area contributed by atoms with Crippen molar-refractivity contribution in [1.82, 2.24) is 4.98 Å². The average Bonchev–Trinajstić information content (AvgIpc) is 2.95. The Morgan fingerprint density at radius 3 is 3.00 bits per heavy atom. The maximum Gasteiger partial charge on any atom is 0.337 e. The van der Waals surface area contributed by atoms with Crippen LogP contribution in [-0.2, 0) is 11.3 Å². The Balaban J connectivity index is 1.82. The average molecular weight is 299 g/mol. The second-order valence-electron chi connectivity index (χ2n) is 4.44. The second-order valence-corrected chi connectivity index (χ2v) is 5.35. The topological polar surface area (TPSA) is 48.4 Å². The summed E-state index contributed by atoms with van der Waals surface area (Å²) >= 11 is 1.59. The number of esters is 1. The standard InChI is InChI=1S/C16H13NO3S/c1-19-16(18)11-4-5-14-12(10-21-15(14)7-11)9-20-13-3-2-6-17-8-13/h2-8,10H,9H2,1H3. The van der Waals surface area contributed by atoms with Crippen molar-refractivity contribution >= 4 is 27.4 Å². The molecule has 106 valence electrons. The van der Waals surface area contributed by atoms with Crippen LogP contribution in [0, 0.1) is 0 Å². The number of hydrogen-bond acceptors (Lipinski definition) is 5. The Morgan fingerprint density at radius 2 is 2.24 bits per heavy atom. The number of methoxy groups -OCH3 is 1. The van der Waals surface area contributed by atoms with E-state index in [4.69, 9.17) is 9.47 Å². The van der Waals surface area contributed by atoms with Crippen molar-refractivity contribution in [2.45, 2.75) is 6.61 Å². The number of ether oxygens (including phenoxy) is 2. The van der Waals surface area contributed by atoms with Crippen LogP contribution in [0.2, 0.25) is 0 Å². The number of carbonyl (C=O) groups excluding carboxylic acids is 1. The molecule has 0 aliphatic heterocycles. The van der Waals surface area contributed by atoms with Gasteiger partial charge < -0.3 is 9.47 Å². The molecule has 0 N–H and O–H groups in total. The highest BCUT2D eigenvalue weighted by Gasteiger charge is 2.10. The van der Waals surface area contributed by atoms with Gasteiger partial charge in [-0.15, -0.1) is 11.3 Å². The number of carbonyl (C=O) groups is 1. The summed E-state index contributed by atoms with van der Waals surface area (Å²) in [5.41, 5.74) is 1.65. The summed E-state index contributed by atoms with van der Waals surface area (Å²) in [7, 11) is 1.38. The van der Waals surface area contributed by atoms with E-state index < -0.39 is 0 Å². The van der Waals surface area contributed by atoms with Gasteiger partial charge in [-0.3, -0.25) is 4.98 Å². The lowest BCUT2D eigenvalue weighted by Gasteiger charge is -2.05. The molecule has 3 aromatic rings. The first-order valence-electron chi connectivity index (χ1n) is 6.39. The van der Waals surface area contributed by atoms with E-state index in [1.165, 1.54) is 7.11 Å². The van der Waals surface area contributed by atoms with Gasteiger partial charge in [-0.2, -0.15) is 0 Å². The predicted octanol–water partition coefficient (Wildman–Crippen LogP) is 3.66. The van der Waals surface area contributed by atoms with Crippen LogP contribution in [-0.4, -0.2) is 18.1 Å². The zero-order valence-corrected chi connectivity index (χ0v) is 12.2. The van der Waals surface area contributed by atoms with Gasteiger partial charge >= 0.3 is 5.97 Å². The van der Waals surface area contributed by atoms with Crippen LogP contribution >= 0.6 is 11.3 Å². The number of pyridine rings is 1. The monoisotopic (exact) mass is 299 g/mol. The molecule has 2 heterocycles. The number of hydrogen-bond donors (Lipinski definition) is 0. The molecule has 3 rings (SSSR count). The molecule has 0 spiro atoms. The summed E-state index contributed by atoms with van der Waals surface area (Å²) in [6, 6.07) is 9.26. The van der Waals surface area contributed by atoms with Gasteiger partial charge in [0.15, 0.2) is 0 Å². The van der Waals surface area contributed by atoms with E-state index in [1.54, 1.807) is 29.8 Å². The Hall–Kier alpha value is -2.40. The van der Waals surface area contributed by atoms with Gasteiger partial charge in [0.1, 0.15) is 12.4 Å². The molecule has 0 bridgehead atoms. The minimum atomic E-state index is -0.321. The van der Waals surface area contributed by atoms with Crippen LogP contribution < -0.4 is 4.74 Å². The molecule has 21 heavy (non-hydrogen) atoms. The summed E-state index contributed by atoms with van der Waals surface area (Å²) in [6.07, 6.45) is 3.39. The summed E-state index contributed by atoms with van der Waals surface area (Å²) in [5.74, 6) is 0.418. The maximum atomic E-state index is 11.5. The van der Waals surface area contributed by atoms with Crippen molar-refractivity contribution in [2.75, 3.05) is 7.11 Å². The minimum absolute atomic E-state index is 0.321. The fraction of sp³-hybridized carbons (Fsp3) is 0.125.